The number of hydrogen-bond acceptors (Lipinski definition) is 4. The molecule has 2 unspecified atom stereocenters. The molecule has 1 fully saturated rings. The van der Waals surface area contributed by atoms with Crippen molar-refractivity contribution in [2.24, 2.45) is 5.92 Å². The van der Waals surface area contributed by atoms with E-state index in [0.29, 0.717) is 18.0 Å². The lowest BCUT2D eigenvalue weighted by molar-refractivity contribution is -0.129. The standard InChI is InChI=1S/C27H28N2O4/c1-18(19-7-5-4-6-8-19)29-17-21(15-26(29)30)27(31)28-22-11-14-25(33-3)24(16-22)20-9-12-23(32-2)13-10-20/h4-14,16,18,21H,15,17H2,1-3H3,(H,28,31). The van der Waals surface area contributed by atoms with E-state index in [1.165, 1.54) is 0 Å². The zero-order valence-electron chi connectivity index (χ0n) is 19.1. The highest BCUT2D eigenvalue weighted by atomic mass is 16.5. The highest BCUT2D eigenvalue weighted by molar-refractivity contribution is 5.98. The van der Waals surface area contributed by atoms with Gasteiger partial charge in [0.15, 0.2) is 0 Å². The minimum absolute atomic E-state index is 0.000144. The summed E-state index contributed by atoms with van der Waals surface area (Å²) in [5.41, 5.74) is 3.53. The molecule has 1 N–H and O–H groups in total. The van der Waals surface area contributed by atoms with Crippen molar-refractivity contribution < 1.29 is 19.1 Å². The number of anilines is 1. The first-order chi connectivity index (χ1) is 16.0. The summed E-state index contributed by atoms with van der Waals surface area (Å²) >= 11 is 0. The van der Waals surface area contributed by atoms with Crippen LogP contribution in [0.1, 0.15) is 24.9 Å². The smallest absolute Gasteiger partial charge is 0.229 e. The minimum atomic E-state index is -0.393. The van der Waals surface area contributed by atoms with Crippen LogP contribution in [0.25, 0.3) is 11.1 Å². The molecule has 4 rings (SSSR count). The van der Waals surface area contributed by atoms with Crippen molar-refractivity contribution >= 4 is 17.5 Å². The molecule has 2 amide bonds. The minimum Gasteiger partial charge on any atom is -0.497 e. The Morgan fingerprint density at radius 2 is 1.73 bits per heavy atom. The highest BCUT2D eigenvalue weighted by Crippen LogP contribution is 2.34. The third kappa shape index (κ3) is 4.85. The molecule has 1 saturated heterocycles. The summed E-state index contributed by atoms with van der Waals surface area (Å²) in [5.74, 6) is 0.923. The van der Waals surface area contributed by atoms with Gasteiger partial charge in [0.2, 0.25) is 11.8 Å². The number of rotatable bonds is 7. The highest BCUT2D eigenvalue weighted by Gasteiger charge is 2.37. The van der Waals surface area contributed by atoms with E-state index in [1.807, 2.05) is 79.7 Å². The quantitative estimate of drug-likeness (QED) is 0.562. The molecule has 3 aromatic rings. The van der Waals surface area contributed by atoms with Crippen LogP contribution in [0.2, 0.25) is 0 Å². The van der Waals surface area contributed by atoms with Crippen molar-refractivity contribution in [3.05, 3.63) is 78.4 Å². The Labute approximate surface area is 194 Å². The fourth-order valence-corrected chi connectivity index (χ4v) is 4.22. The average Bonchev–Trinajstić information content (AvgIpc) is 3.25. The molecule has 1 aliphatic rings. The van der Waals surface area contributed by atoms with Gasteiger partial charge in [-0.1, -0.05) is 42.5 Å². The van der Waals surface area contributed by atoms with Crippen molar-refractivity contribution in [1.29, 1.82) is 0 Å². The summed E-state index contributed by atoms with van der Waals surface area (Å²) < 4.78 is 10.8. The molecule has 2 atom stereocenters. The molecule has 0 saturated carbocycles. The van der Waals surface area contributed by atoms with Crippen LogP contribution in [0.3, 0.4) is 0 Å². The molecule has 1 heterocycles. The van der Waals surface area contributed by atoms with Crippen LogP contribution >= 0.6 is 0 Å². The van der Waals surface area contributed by atoms with Crippen molar-refractivity contribution in [2.45, 2.75) is 19.4 Å². The average molecular weight is 445 g/mol. The normalized spacial score (nSPS) is 16.4. The fraction of sp³-hybridized carbons (Fsp3) is 0.259. The van der Waals surface area contributed by atoms with Gasteiger partial charge in [0.1, 0.15) is 11.5 Å². The third-order valence-electron chi connectivity index (χ3n) is 6.15. The second-order valence-corrected chi connectivity index (χ2v) is 8.17. The Balaban J connectivity index is 1.48. The monoisotopic (exact) mass is 444 g/mol. The van der Waals surface area contributed by atoms with Crippen LogP contribution in [0.15, 0.2) is 72.8 Å². The first-order valence-corrected chi connectivity index (χ1v) is 11.0. The topological polar surface area (TPSA) is 67.9 Å². The van der Waals surface area contributed by atoms with E-state index in [0.717, 1.165) is 22.4 Å². The number of benzene rings is 3. The lowest BCUT2D eigenvalue weighted by Crippen LogP contribution is -2.30. The van der Waals surface area contributed by atoms with Gasteiger partial charge in [-0.25, -0.2) is 0 Å². The molecule has 3 aromatic carbocycles. The van der Waals surface area contributed by atoms with Crippen LogP contribution in [0, 0.1) is 5.92 Å². The second kappa shape index (κ2) is 9.77. The molecule has 170 valence electrons. The Bertz CT molecular complexity index is 1130. The van der Waals surface area contributed by atoms with Crippen molar-refractivity contribution in [3.63, 3.8) is 0 Å². The van der Waals surface area contributed by atoms with Crippen molar-refractivity contribution in [1.82, 2.24) is 4.90 Å². The number of ether oxygens (including phenoxy) is 2. The zero-order chi connectivity index (χ0) is 23.4. The van der Waals surface area contributed by atoms with E-state index < -0.39 is 5.92 Å². The van der Waals surface area contributed by atoms with Gasteiger partial charge in [0, 0.05) is 24.2 Å². The van der Waals surface area contributed by atoms with Gasteiger partial charge >= 0.3 is 0 Å². The molecule has 6 heteroatoms. The predicted octanol–water partition coefficient (Wildman–Crippen LogP) is 4.92. The Hall–Kier alpha value is -3.80. The molecule has 0 aromatic heterocycles. The van der Waals surface area contributed by atoms with E-state index in [-0.39, 0.29) is 24.3 Å². The van der Waals surface area contributed by atoms with E-state index in [4.69, 9.17) is 9.47 Å². The first-order valence-electron chi connectivity index (χ1n) is 11.0. The third-order valence-corrected chi connectivity index (χ3v) is 6.15. The number of hydrogen-bond donors (Lipinski definition) is 1. The van der Waals surface area contributed by atoms with Crippen LogP contribution in [-0.4, -0.2) is 37.5 Å². The van der Waals surface area contributed by atoms with Gasteiger partial charge in [-0.15, -0.1) is 0 Å². The number of likely N-dealkylation sites (tertiary alicyclic amines) is 1. The lowest BCUT2D eigenvalue weighted by Gasteiger charge is -2.25. The van der Waals surface area contributed by atoms with Crippen LogP contribution in [0.5, 0.6) is 11.5 Å². The molecule has 1 aliphatic heterocycles. The summed E-state index contributed by atoms with van der Waals surface area (Å²) in [6.45, 7) is 2.40. The molecule has 0 spiro atoms. The van der Waals surface area contributed by atoms with Gasteiger partial charge < -0.3 is 19.7 Å². The summed E-state index contributed by atoms with van der Waals surface area (Å²) in [6.07, 6.45) is 0.213. The Morgan fingerprint density at radius 3 is 2.39 bits per heavy atom. The number of methoxy groups -OCH3 is 2. The van der Waals surface area contributed by atoms with Gasteiger partial charge in [-0.3, -0.25) is 9.59 Å². The largest absolute Gasteiger partial charge is 0.497 e. The number of carbonyl (C=O) groups is 2. The van der Waals surface area contributed by atoms with Crippen LogP contribution in [-0.2, 0) is 9.59 Å². The van der Waals surface area contributed by atoms with Crippen LogP contribution < -0.4 is 14.8 Å². The molecule has 33 heavy (non-hydrogen) atoms. The van der Waals surface area contributed by atoms with E-state index in [2.05, 4.69) is 5.32 Å². The lowest BCUT2D eigenvalue weighted by atomic mass is 10.0. The van der Waals surface area contributed by atoms with Gasteiger partial charge in [0.05, 0.1) is 26.2 Å². The number of carbonyl (C=O) groups excluding carboxylic acids is 2. The Morgan fingerprint density at radius 1 is 1.00 bits per heavy atom. The Kier molecular flexibility index (Phi) is 6.63. The number of amides is 2. The maximum atomic E-state index is 13.0. The number of nitrogens with zero attached hydrogens (tertiary/aromatic N) is 1. The molecular weight excluding hydrogens is 416 g/mol. The van der Waals surface area contributed by atoms with Gasteiger partial charge in [0.25, 0.3) is 0 Å². The molecule has 0 bridgehead atoms. The van der Waals surface area contributed by atoms with E-state index in [1.54, 1.807) is 19.1 Å². The van der Waals surface area contributed by atoms with Gasteiger partial charge in [-0.2, -0.15) is 0 Å². The van der Waals surface area contributed by atoms with E-state index >= 15 is 0 Å². The maximum Gasteiger partial charge on any atom is 0.229 e. The SMILES string of the molecule is COc1ccc(-c2cc(NC(=O)C3CC(=O)N(C(C)c4ccccc4)C3)ccc2OC)cc1. The van der Waals surface area contributed by atoms with Crippen LogP contribution in [0.4, 0.5) is 5.69 Å². The van der Waals surface area contributed by atoms with Gasteiger partial charge in [-0.05, 0) is 48.4 Å². The summed E-state index contributed by atoms with van der Waals surface area (Å²) in [4.78, 5) is 27.5. The molecular formula is C27H28N2O4. The summed E-state index contributed by atoms with van der Waals surface area (Å²) in [5, 5.41) is 2.99. The maximum absolute atomic E-state index is 13.0. The van der Waals surface area contributed by atoms with Crippen molar-refractivity contribution in [3.8, 4) is 22.6 Å². The van der Waals surface area contributed by atoms with Crippen molar-refractivity contribution in [2.75, 3.05) is 26.1 Å². The molecule has 6 nitrogen and oxygen atoms in total. The molecule has 0 radical (unpaired) electrons. The molecule has 0 aliphatic carbocycles. The first kappa shape index (κ1) is 22.4. The number of nitrogens with one attached hydrogen (secondary N) is 1. The predicted molar refractivity (Wildman–Crippen MR) is 128 cm³/mol. The summed E-state index contributed by atoms with van der Waals surface area (Å²) in [7, 11) is 3.24. The zero-order valence-corrected chi connectivity index (χ0v) is 19.1. The second-order valence-electron chi connectivity index (χ2n) is 8.17. The fourth-order valence-electron chi connectivity index (χ4n) is 4.22. The van der Waals surface area contributed by atoms with E-state index in [9.17, 15) is 9.59 Å². The summed E-state index contributed by atoms with van der Waals surface area (Å²) in [6, 6.07) is 23.0.